The highest BCUT2D eigenvalue weighted by Crippen LogP contribution is 2.47. The van der Waals surface area contributed by atoms with E-state index in [4.69, 9.17) is 15.5 Å². The average molecular weight is 468 g/mol. The number of hydrogen-bond donors (Lipinski definition) is 3. The zero-order valence-corrected chi connectivity index (χ0v) is 19.2. The van der Waals surface area contributed by atoms with E-state index in [-0.39, 0.29) is 12.3 Å². The number of nitrogens with zero attached hydrogens (tertiary/aromatic N) is 2. The van der Waals surface area contributed by atoms with Crippen LogP contribution < -0.4 is 10.5 Å². The van der Waals surface area contributed by atoms with E-state index in [0.29, 0.717) is 18.6 Å². The third kappa shape index (κ3) is 3.51. The number of fused-ring (bicyclic) bond motifs is 3. The van der Waals surface area contributed by atoms with Crippen molar-refractivity contribution in [2.75, 3.05) is 0 Å². The molecule has 1 aliphatic heterocycles. The zero-order chi connectivity index (χ0) is 24.4. The number of imidazole rings is 1. The van der Waals surface area contributed by atoms with Gasteiger partial charge in [0.1, 0.15) is 11.6 Å². The lowest BCUT2D eigenvalue weighted by Gasteiger charge is -2.49. The monoisotopic (exact) mass is 467 g/mol. The van der Waals surface area contributed by atoms with Crippen LogP contribution in [-0.2, 0) is 12.3 Å². The van der Waals surface area contributed by atoms with Crippen LogP contribution in [0.4, 0.5) is 0 Å². The van der Waals surface area contributed by atoms with Crippen LogP contribution in [-0.4, -0.2) is 31.3 Å². The van der Waals surface area contributed by atoms with Crippen molar-refractivity contribution >= 4 is 5.97 Å². The third-order valence-corrected chi connectivity index (χ3v) is 6.96. The van der Waals surface area contributed by atoms with Crippen LogP contribution in [0.5, 0.6) is 5.75 Å². The molecule has 0 bridgehead atoms. The summed E-state index contributed by atoms with van der Waals surface area (Å²) in [5, 5.41) is 19.5. The van der Waals surface area contributed by atoms with Gasteiger partial charge in [0.05, 0.1) is 28.1 Å². The molecule has 1 aliphatic carbocycles. The highest BCUT2D eigenvalue weighted by molar-refractivity contribution is 5.90. The molecule has 0 spiro atoms. The van der Waals surface area contributed by atoms with E-state index in [2.05, 4.69) is 0 Å². The molecule has 176 valence electrons. The standard InChI is InChI=1S/C28H25N3O4/c1-27(34)14-28(29,15-27)20-10-7-17(8-11-20)23-24(18-5-3-2-4-6-18)31-16-35-22-13-19(26(32)33)9-12-21(22)25(31)30-23/h2-13,34H,14-16,29H2,1H3,(H,32,33). The molecule has 0 amide bonds. The topological polar surface area (TPSA) is 111 Å². The summed E-state index contributed by atoms with van der Waals surface area (Å²) in [7, 11) is 0. The van der Waals surface area contributed by atoms with Crippen molar-refractivity contribution in [3.05, 3.63) is 83.9 Å². The minimum absolute atomic E-state index is 0.175. The van der Waals surface area contributed by atoms with Gasteiger partial charge in [-0.2, -0.15) is 0 Å². The van der Waals surface area contributed by atoms with Gasteiger partial charge < -0.3 is 20.7 Å². The van der Waals surface area contributed by atoms with Gasteiger partial charge >= 0.3 is 5.97 Å². The highest BCUT2D eigenvalue weighted by atomic mass is 16.5. The molecule has 0 saturated heterocycles. The minimum Gasteiger partial charge on any atom is -0.478 e. The number of ether oxygens (including phenoxy) is 1. The smallest absolute Gasteiger partial charge is 0.335 e. The Balaban J connectivity index is 1.47. The minimum atomic E-state index is -0.998. The van der Waals surface area contributed by atoms with Crippen LogP contribution in [0.2, 0.25) is 0 Å². The molecular weight excluding hydrogens is 442 g/mol. The Morgan fingerprint density at radius 3 is 2.40 bits per heavy atom. The van der Waals surface area contributed by atoms with E-state index < -0.39 is 17.1 Å². The van der Waals surface area contributed by atoms with Crippen LogP contribution in [0.15, 0.2) is 72.8 Å². The molecule has 2 heterocycles. The molecule has 4 aromatic rings. The summed E-state index contributed by atoms with van der Waals surface area (Å²) in [6.07, 6.45) is 1.06. The normalized spacial score (nSPS) is 22.5. The van der Waals surface area contributed by atoms with Crippen molar-refractivity contribution in [3.63, 3.8) is 0 Å². The summed E-state index contributed by atoms with van der Waals surface area (Å²) in [6.45, 7) is 2.04. The first-order valence-electron chi connectivity index (χ1n) is 11.5. The van der Waals surface area contributed by atoms with Gasteiger partial charge in [0.2, 0.25) is 0 Å². The van der Waals surface area contributed by atoms with Gasteiger partial charge in [-0.1, -0.05) is 54.6 Å². The van der Waals surface area contributed by atoms with E-state index in [0.717, 1.165) is 39.5 Å². The second-order valence-corrected chi connectivity index (χ2v) is 9.80. The maximum atomic E-state index is 11.4. The van der Waals surface area contributed by atoms with Gasteiger partial charge in [-0.05, 0) is 43.5 Å². The van der Waals surface area contributed by atoms with Crippen LogP contribution in [0.25, 0.3) is 33.9 Å². The zero-order valence-electron chi connectivity index (χ0n) is 19.2. The number of hydrogen-bond acceptors (Lipinski definition) is 5. The van der Waals surface area contributed by atoms with Crippen molar-refractivity contribution in [2.45, 2.75) is 37.6 Å². The first-order chi connectivity index (χ1) is 16.7. The van der Waals surface area contributed by atoms with Crippen molar-refractivity contribution < 1.29 is 19.7 Å². The van der Waals surface area contributed by atoms with Crippen LogP contribution in [0, 0.1) is 0 Å². The summed E-state index contributed by atoms with van der Waals surface area (Å²) < 4.78 is 8.00. The summed E-state index contributed by atoms with van der Waals surface area (Å²) in [4.78, 5) is 16.4. The molecule has 1 fully saturated rings. The molecule has 4 N–H and O–H groups in total. The molecule has 7 heteroatoms. The summed E-state index contributed by atoms with van der Waals surface area (Å²) in [6, 6.07) is 23.0. The molecule has 0 unspecified atom stereocenters. The number of benzene rings is 3. The summed E-state index contributed by atoms with van der Waals surface area (Å²) in [5.74, 6) is 0.235. The lowest BCUT2D eigenvalue weighted by molar-refractivity contribution is -0.0738. The maximum Gasteiger partial charge on any atom is 0.335 e. The van der Waals surface area contributed by atoms with Gasteiger partial charge in [0.15, 0.2) is 6.73 Å². The van der Waals surface area contributed by atoms with Gasteiger partial charge in [-0.15, -0.1) is 0 Å². The number of nitrogens with two attached hydrogens (primary N) is 1. The highest BCUT2D eigenvalue weighted by Gasteiger charge is 2.49. The Morgan fingerprint density at radius 2 is 1.74 bits per heavy atom. The molecular formula is C28H25N3O4. The first kappa shape index (κ1) is 21.6. The van der Waals surface area contributed by atoms with Crippen molar-refractivity contribution in [1.29, 1.82) is 0 Å². The Labute approximate surface area is 202 Å². The number of carboxylic acid groups (broad SMARTS) is 1. The molecule has 6 rings (SSSR count). The Hall–Kier alpha value is -3.94. The predicted molar refractivity (Wildman–Crippen MR) is 132 cm³/mol. The number of rotatable bonds is 4. The maximum absolute atomic E-state index is 11.4. The summed E-state index contributed by atoms with van der Waals surface area (Å²) in [5.41, 5.74) is 10.9. The summed E-state index contributed by atoms with van der Waals surface area (Å²) >= 11 is 0. The van der Waals surface area contributed by atoms with Gasteiger partial charge in [0, 0.05) is 16.7 Å². The van der Waals surface area contributed by atoms with E-state index >= 15 is 0 Å². The quantitative estimate of drug-likeness (QED) is 0.404. The van der Waals surface area contributed by atoms with Crippen LogP contribution >= 0.6 is 0 Å². The first-order valence-corrected chi connectivity index (χ1v) is 11.5. The van der Waals surface area contributed by atoms with E-state index in [1.54, 1.807) is 18.2 Å². The number of aromatic carboxylic acids is 1. The lowest BCUT2D eigenvalue weighted by Crippen LogP contribution is -2.58. The fourth-order valence-corrected chi connectivity index (χ4v) is 5.44. The predicted octanol–water partition coefficient (Wildman–Crippen LogP) is 4.63. The molecule has 1 saturated carbocycles. The number of aliphatic hydroxyl groups is 1. The second kappa shape index (κ2) is 7.53. The van der Waals surface area contributed by atoms with Gasteiger partial charge in [-0.3, -0.25) is 4.57 Å². The molecule has 35 heavy (non-hydrogen) atoms. The number of aromatic nitrogens is 2. The SMILES string of the molecule is CC1(O)CC(N)(c2ccc(-c3nc4n(c3-c3ccccc3)COc3cc(C(=O)O)ccc3-4)cc2)C1. The molecule has 1 aromatic heterocycles. The van der Waals surface area contributed by atoms with Crippen molar-refractivity contribution in [2.24, 2.45) is 5.73 Å². The van der Waals surface area contributed by atoms with Crippen LogP contribution in [0.3, 0.4) is 0 Å². The van der Waals surface area contributed by atoms with Gasteiger partial charge in [-0.25, -0.2) is 9.78 Å². The average Bonchev–Trinajstić information content (AvgIpc) is 3.23. The molecule has 0 atom stereocenters. The lowest BCUT2D eigenvalue weighted by atomic mass is 9.63. The molecule has 3 aromatic carbocycles. The number of carboxylic acids is 1. The fourth-order valence-electron chi connectivity index (χ4n) is 5.44. The van der Waals surface area contributed by atoms with Crippen molar-refractivity contribution in [1.82, 2.24) is 9.55 Å². The molecule has 7 nitrogen and oxygen atoms in total. The van der Waals surface area contributed by atoms with Crippen LogP contribution in [0.1, 0.15) is 35.7 Å². The van der Waals surface area contributed by atoms with E-state index in [1.807, 2.05) is 66.1 Å². The van der Waals surface area contributed by atoms with E-state index in [1.165, 1.54) is 0 Å². The Morgan fingerprint density at radius 1 is 1.03 bits per heavy atom. The Bertz CT molecular complexity index is 1450. The number of carbonyl (C=O) groups is 1. The third-order valence-electron chi connectivity index (χ3n) is 6.96. The van der Waals surface area contributed by atoms with E-state index in [9.17, 15) is 15.0 Å². The second-order valence-electron chi connectivity index (χ2n) is 9.80. The molecule has 0 radical (unpaired) electrons. The Kier molecular flexibility index (Phi) is 4.64. The van der Waals surface area contributed by atoms with Gasteiger partial charge in [0.25, 0.3) is 0 Å². The fraction of sp³-hybridized carbons (Fsp3) is 0.214. The van der Waals surface area contributed by atoms with Crippen molar-refractivity contribution in [3.8, 4) is 39.7 Å². The molecule has 2 aliphatic rings. The largest absolute Gasteiger partial charge is 0.478 e.